The highest BCUT2D eigenvalue weighted by Crippen LogP contribution is 2.32. The molecule has 1 aromatic carbocycles. The molecule has 0 radical (unpaired) electrons. The first-order chi connectivity index (χ1) is 10.5. The van der Waals surface area contributed by atoms with Gasteiger partial charge in [-0.1, -0.05) is 0 Å². The van der Waals surface area contributed by atoms with E-state index >= 15 is 0 Å². The van der Waals surface area contributed by atoms with Gasteiger partial charge in [0.05, 0.1) is 11.8 Å². The van der Waals surface area contributed by atoms with E-state index in [1.807, 2.05) is 25.5 Å². The summed E-state index contributed by atoms with van der Waals surface area (Å²) in [4.78, 5) is 14.8. The first-order valence-corrected chi connectivity index (χ1v) is 7.67. The van der Waals surface area contributed by atoms with Crippen molar-refractivity contribution in [3.05, 3.63) is 47.0 Å². The van der Waals surface area contributed by atoms with Gasteiger partial charge in [-0.25, -0.2) is 4.39 Å². The van der Waals surface area contributed by atoms with Gasteiger partial charge in [-0.2, -0.15) is 5.10 Å². The average molecular weight is 301 g/mol. The largest absolute Gasteiger partial charge is 0.305 e. The maximum Gasteiger partial charge on any atom is 0.261 e. The van der Waals surface area contributed by atoms with Gasteiger partial charge >= 0.3 is 0 Å². The van der Waals surface area contributed by atoms with E-state index in [-0.39, 0.29) is 17.8 Å². The summed E-state index contributed by atoms with van der Waals surface area (Å²) < 4.78 is 15.3. The molecule has 0 N–H and O–H groups in total. The lowest BCUT2D eigenvalue weighted by atomic mass is 9.95. The number of rotatable bonds is 2. The highest BCUT2D eigenvalue weighted by molar-refractivity contribution is 6.07. The van der Waals surface area contributed by atoms with E-state index < -0.39 is 0 Å². The van der Waals surface area contributed by atoms with Gasteiger partial charge in [0.15, 0.2) is 0 Å². The predicted octanol–water partition coefficient (Wildman–Crippen LogP) is 3.33. The van der Waals surface area contributed by atoms with Gasteiger partial charge in [0, 0.05) is 24.0 Å². The van der Waals surface area contributed by atoms with Crippen molar-refractivity contribution >= 4 is 11.6 Å². The second-order valence-electron chi connectivity index (χ2n) is 5.80. The minimum atomic E-state index is -0.254. The summed E-state index contributed by atoms with van der Waals surface area (Å²) in [6.07, 6.45) is 3.26. The Morgan fingerprint density at radius 2 is 2.23 bits per heavy atom. The highest BCUT2D eigenvalue weighted by atomic mass is 19.1. The van der Waals surface area contributed by atoms with Crippen LogP contribution in [0.5, 0.6) is 0 Å². The summed E-state index contributed by atoms with van der Waals surface area (Å²) in [6.45, 7) is 6.67. The Balaban J connectivity index is 2.03. The molecule has 22 heavy (non-hydrogen) atoms. The first-order valence-electron chi connectivity index (χ1n) is 7.67. The Hall–Kier alpha value is -2.17. The number of hydrogen-bond acceptors (Lipinski definition) is 2. The lowest BCUT2D eigenvalue weighted by Gasteiger charge is -2.35. The average Bonchev–Trinajstić information content (AvgIpc) is 2.87. The summed E-state index contributed by atoms with van der Waals surface area (Å²) in [7, 11) is 0. The number of aromatic nitrogens is 2. The summed E-state index contributed by atoms with van der Waals surface area (Å²) in [5.74, 6) is -0.312. The van der Waals surface area contributed by atoms with Gasteiger partial charge in [-0.3, -0.25) is 9.48 Å². The number of anilines is 1. The molecule has 0 spiro atoms. The van der Waals surface area contributed by atoms with E-state index in [2.05, 4.69) is 5.10 Å². The maximum atomic E-state index is 13.4. The van der Waals surface area contributed by atoms with E-state index in [9.17, 15) is 9.18 Å². The molecule has 1 aliphatic heterocycles. The zero-order chi connectivity index (χ0) is 15.9. The molecule has 0 saturated carbocycles. The second kappa shape index (κ2) is 5.55. The van der Waals surface area contributed by atoms with Crippen molar-refractivity contribution in [1.82, 2.24) is 9.78 Å². The summed E-state index contributed by atoms with van der Waals surface area (Å²) in [6, 6.07) is 4.75. The Bertz CT molecular complexity index is 723. The smallest absolute Gasteiger partial charge is 0.261 e. The molecule has 0 unspecified atom stereocenters. The van der Waals surface area contributed by atoms with Crippen LogP contribution in [0.15, 0.2) is 24.4 Å². The van der Waals surface area contributed by atoms with Crippen LogP contribution >= 0.6 is 0 Å². The van der Waals surface area contributed by atoms with Crippen LogP contribution in [-0.2, 0) is 13.0 Å². The number of carbonyl (C=O) groups is 1. The van der Waals surface area contributed by atoms with E-state index in [0.717, 1.165) is 36.3 Å². The van der Waals surface area contributed by atoms with Crippen molar-refractivity contribution in [2.75, 3.05) is 4.90 Å². The van der Waals surface area contributed by atoms with Crippen molar-refractivity contribution in [2.24, 2.45) is 0 Å². The van der Waals surface area contributed by atoms with Crippen molar-refractivity contribution < 1.29 is 9.18 Å². The standard InChI is InChI=1S/C17H20FN3O/c1-4-20-12(3)15(10-19-20)17(22)21-11(2)5-6-13-9-14(18)7-8-16(13)21/h7-11H,4-6H2,1-3H3/t11-/m1/s1. The molecule has 0 bridgehead atoms. The third kappa shape index (κ3) is 2.30. The van der Waals surface area contributed by atoms with Gasteiger partial charge in [0.25, 0.3) is 5.91 Å². The van der Waals surface area contributed by atoms with E-state index in [1.165, 1.54) is 12.1 Å². The van der Waals surface area contributed by atoms with Gasteiger partial charge in [0.1, 0.15) is 5.82 Å². The minimum Gasteiger partial charge on any atom is -0.305 e. The molecule has 5 heteroatoms. The first kappa shape index (κ1) is 14.8. The third-order valence-electron chi connectivity index (χ3n) is 4.43. The van der Waals surface area contributed by atoms with E-state index in [4.69, 9.17) is 0 Å². The fraction of sp³-hybridized carbons (Fsp3) is 0.412. The molecule has 0 saturated heterocycles. The SMILES string of the molecule is CCn1ncc(C(=O)N2c3ccc(F)cc3CC[C@H]2C)c1C. The number of aryl methyl sites for hydroxylation is 2. The Kier molecular flexibility index (Phi) is 3.72. The molecule has 2 aromatic rings. The van der Waals surface area contributed by atoms with Crippen molar-refractivity contribution in [3.8, 4) is 0 Å². The van der Waals surface area contributed by atoms with Gasteiger partial charge in [-0.15, -0.1) is 0 Å². The molecule has 1 aliphatic rings. The van der Waals surface area contributed by atoms with Gasteiger partial charge in [0.2, 0.25) is 0 Å². The number of benzene rings is 1. The van der Waals surface area contributed by atoms with Crippen LogP contribution in [0.25, 0.3) is 0 Å². The Morgan fingerprint density at radius 1 is 1.45 bits per heavy atom. The van der Waals surface area contributed by atoms with Crippen LogP contribution in [0.4, 0.5) is 10.1 Å². The molecule has 116 valence electrons. The van der Waals surface area contributed by atoms with Crippen LogP contribution in [0.2, 0.25) is 0 Å². The fourth-order valence-corrected chi connectivity index (χ4v) is 3.13. The van der Waals surface area contributed by atoms with Crippen molar-refractivity contribution in [1.29, 1.82) is 0 Å². The number of nitrogens with zero attached hydrogens (tertiary/aromatic N) is 3. The number of hydrogen-bond donors (Lipinski definition) is 0. The fourth-order valence-electron chi connectivity index (χ4n) is 3.13. The predicted molar refractivity (Wildman–Crippen MR) is 83.6 cm³/mol. The molecule has 1 atom stereocenters. The number of halogens is 1. The third-order valence-corrected chi connectivity index (χ3v) is 4.43. The summed E-state index contributed by atoms with van der Waals surface area (Å²) in [5.41, 5.74) is 3.19. The lowest BCUT2D eigenvalue weighted by molar-refractivity contribution is 0.0974. The number of carbonyl (C=O) groups excluding carboxylic acids is 1. The maximum absolute atomic E-state index is 13.4. The second-order valence-corrected chi connectivity index (χ2v) is 5.80. The molecule has 2 heterocycles. The molecule has 0 aliphatic carbocycles. The van der Waals surface area contributed by atoms with Crippen molar-refractivity contribution in [3.63, 3.8) is 0 Å². The Morgan fingerprint density at radius 3 is 2.91 bits per heavy atom. The topological polar surface area (TPSA) is 38.1 Å². The van der Waals surface area contributed by atoms with Crippen LogP contribution in [-0.4, -0.2) is 21.7 Å². The Labute approximate surface area is 129 Å². The van der Waals surface area contributed by atoms with Crippen LogP contribution < -0.4 is 4.90 Å². The zero-order valence-corrected chi connectivity index (χ0v) is 13.1. The van der Waals surface area contributed by atoms with Crippen molar-refractivity contribution in [2.45, 2.75) is 46.2 Å². The van der Waals surface area contributed by atoms with Crippen LogP contribution in [0.3, 0.4) is 0 Å². The molecule has 0 fully saturated rings. The molecular weight excluding hydrogens is 281 g/mol. The lowest BCUT2D eigenvalue weighted by Crippen LogP contribution is -2.42. The molecule has 3 rings (SSSR count). The molecular formula is C17H20FN3O. The normalized spacial score (nSPS) is 17.5. The van der Waals surface area contributed by atoms with E-state index in [1.54, 1.807) is 17.2 Å². The highest BCUT2D eigenvalue weighted by Gasteiger charge is 2.30. The molecule has 1 amide bonds. The summed E-state index contributed by atoms with van der Waals surface area (Å²) >= 11 is 0. The minimum absolute atomic E-state index is 0.0581. The summed E-state index contributed by atoms with van der Waals surface area (Å²) in [5, 5.41) is 4.25. The van der Waals surface area contributed by atoms with Gasteiger partial charge in [-0.05, 0) is 57.4 Å². The number of fused-ring (bicyclic) bond motifs is 1. The van der Waals surface area contributed by atoms with Crippen LogP contribution in [0, 0.1) is 12.7 Å². The van der Waals surface area contributed by atoms with Gasteiger partial charge < -0.3 is 4.90 Å². The monoisotopic (exact) mass is 301 g/mol. The molecule has 4 nitrogen and oxygen atoms in total. The zero-order valence-electron chi connectivity index (χ0n) is 13.1. The quantitative estimate of drug-likeness (QED) is 0.853. The molecule has 1 aromatic heterocycles. The van der Waals surface area contributed by atoms with E-state index in [0.29, 0.717) is 5.56 Å². The number of amides is 1. The van der Waals surface area contributed by atoms with Crippen LogP contribution in [0.1, 0.15) is 41.9 Å².